The summed E-state index contributed by atoms with van der Waals surface area (Å²) in [6, 6.07) is 6.21. The maximum atomic E-state index is 13.1. The van der Waals surface area contributed by atoms with Crippen molar-refractivity contribution in [3.63, 3.8) is 0 Å². The number of hydrogen-bond acceptors (Lipinski definition) is 9. The lowest BCUT2D eigenvalue weighted by molar-refractivity contribution is -0.137. The molecule has 2 heterocycles. The van der Waals surface area contributed by atoms with Crippen LogP contribution in [0.25, 0.3) is 0 Å². The average molecular weight is 523 g/mol. The van der Waals surface area contributed by atoms with Crippen molar-refractivity contribution in [2.24, 2.45) is 0 Å². The second-order valence-electron chi connectivity index (χ2n) is 9.57. The highest BCUT2D eigenvalue weighted by atomic mass is 16.5. The molecule has 38 heavy (non-hydrogen) atoms. The number of ether oxygens (including phenoxy) is 2. The van der Waals surface area contributed by atoms with Crippen LogP contribution in [0.3, 0.4) is 0 Å². The van der Waals surface area contributed by atoms with Crippen molar-refractivity contribution in [2.45, 2.75) is 63.8 Å². The summed E-state index contributed by atoms with van der Waals surface area (Å²) in [4.78, 5) is 47.9. The molecule has 3 atom stereocenters. The largest absolute Gasteiger partial charge is 0.486 e. The van der Waals surface area contributed by atoms with Gasteiger partial charge in [-0.25, -0.2) is 9.97 Å². The molecule has 4 rings (SSSR count). The van der Waals surface area contributed by atoms with Crippen LogP contribution in [0.2, 0.25) is 0 Å². The lowest BCUT2D eigenvalue weighted by Gasteiger charge is -2.26. The summed E-state index contributed by atoms with van der Waals surface area (Å²) >= 11 is 0. The van der Waals surface area contributed by atoms with Gasteiger partial charge in [0.05, 0.1) is 12.6 Å². The predicted molar refractivity (Wildman–Crippen MR) is 140 cm³/mol. The molecule has 1 aliphatic heterocycles. The Morgan fingerprint density at radius 2 is 1.95 bits per heavy atom. The summed E-state index contributed by atoms with van der Waals surface area (Å²) in [5.74, 6) is 0.182. The second kappa shape index (κ2) is 12.6. The van der Waals surface area contributed by atoms with Gasteiger partial charge in [-0.2, -0.15) is 0 Å². The lowest BCUT2D eigenvalue weighted by Crippen LogP contribution is -2.49. The van der Waals surface area contributed by atoms with Crippen molar-refractivity contribution < 1.29 is 23.9 Å². The Balaban J connectivity index is 1.38. The number of methoxy groups -OCH3 is 1. The first kappa shape index (κ1) is 27.2. The molecule has 1 aromatic carbocycles. The predicted octanol–water partition coefficient (Wildman–Crippen LogP) is 2.10. The fraction of sp³-hybridized carbons (Fsp3) is 0.481. The Morgan fingerprint density at radius 3 is 2.66 bits per heavy atom. The molecule has 1 aliphatic carbocycles. The Kier molecular flexibility index (Phi) is 9.01. The van der Waals surface area contributed by atoms with Crippen molar-refractivity contribution in [3.8, 4) is 5.75 Å². The van der Waals surface area contributed by atoms with Gasteiger partial charge in [0.25, 0.3) is 0 Å². The third-order valence-electron chi connectivity index (χ3n) is 6.97. The van der Waals surface area contributed by atoms with Crippen LogP contribution in [0.4, 0.5) is 5.69 Å². The van der Waals surface area contributed by atoms with E-state index in [9.17, 15) is 14.4 Å². The summed E-state index contributed by atoms with van der Waals surface area (Å²) in [5.41, 5.74) is 0.575. The summed E-state index contributed by atoms with van der Waals surface area (Å²) < 4.78 is 11.1. The van der Waals surface area contributed by atoms with Gasteiger partial charge in [0, 0.05) is 50.3 Å². The zero-order chi connectivity index (χ0) is 27.1. The molecule has 1 saturated carbocycles. The minimum absolute atomic E-state index is 0.0671. The highest BCUT2D eigenvalue weighted by Crippen LogP contribution is 2.25. The minimum atomic E-state index is -0.503. The number of ketones is 1. The number of rotatable bonds is 11. The molecule has 1 unspecified atom stereocenters. The number of carbonyl (C=O) groups excluding carboxylic acids is 3. The number of nitrogens with zero attached hydrogens (tertiary/aromatic N) is 3. The molecule has 2 aromatic rings. The lowest BCUT2D eigenvalue weighted by atomic mass is 10.0. The van der Waals surface area contributed by atoms with Crippen LogP contribution in [0.15, 0.2) is 36.7 Å². The van der Waals surface area contributed by atoms with E-state index in [4.69, 9.17) is 14.9 Å². The minimum Gasteiger partial charge on any atom is -0.486 e. The van der Waals surface area contributed by atoms with Gasteiger partial charge in [-0.15, -0.1) is 0 Å². The average Bonchev–Trinajstić information content (AvgIpc) is 3.61. The van der Waals surface area contributed by atoms with Crippen LogP contribution in [0, 0.1) is 5.41 Å². The number of likely N-dealkylation sites (tertiary alicyclic amines) is 1. The van der Waals surface area contributed by atoms with E-state index in [-0.39, 0.29) is 42.8 Å². The molecule has 1 saturated heterocycles. The number of Topliss-reactive ketones (excluding diaryl/α,β-unsaturated/α-hetero) is 1. The molecule has 2 fully saturated rings. The summed E-state index contributed by atoms with van der Waals surface area (Å²) in [6.07, 6.45) is 7.35. The maximum absolute atomic E-state index is 13.1. The smallest absolute Gasteiger partial charge is 0.243 e. The summed E-state index contributed by atoms with van der Waals surface area (Å²) in [6.45, 7) is 1.88. The number of carbonyl (C=O) groups is 3. The van der Waals surface area contributed by atoms with Gasteiger partial charge in [-0.05, 0) is 56.4 Å². The van der Waals surface area contributed by atoms with E-state index in [0.29, 0.717) is 35.8 Å². The molecule has 0 radical (unpaired) electrons. The molecular weight excluding hydrogens is 488 g/mol. The molecule has 1 aromatic heterocycles. The maximum Gasteiger partial charge on any atom is 0.243 e. The zero-order valence-corrected chi connectivity index (χ0v) is 21.7. The van der Waals surface area contributed by atoms with E-state index in [2.05, 4.69) is 20.6 Å². The third kappa shape index (κ3) is 6.71. The fourth-order valence-corrected chi connectivity index (χ4v) is 4.91. The van der Waals surface area contributed by atoms with Crippen molar-refractivity contribution in [1.29, 1.82) is 5.41 Å². The van der Waals surface area contributed by atoms with Crippen molar-refractivity contribution >= 4 is 29.0 Å². The van der Waals surface area contributed by atoms with E-state index in [1.807, 2.05) is 0 Å². The number of benzene rings is 1. The fourth-order valence-electron chi connectivity index (χ4n) is 4.91. The van der Waals surface area contributed by atoms with Crippen molar-refractivity contribution in [3.05, 3.63) is 48.0 Å². The van der Waals surface area contributed by atoms with Gasteiger partial charge in [0.1, 0.15) is 24.1 Å². The number of anilines is 1. The van der Waals surface area contributed by atoms with Crippen LogP contribution < -0.4 is 15.4 Å². The number of amides is 2. The van der Waals surface area contributed by atoms with Crippen molar-refractivity contribution in [2.75, 3.05) is 25.5 Å². The Labute approximate surface area is 221 Å². The molecule has 0 bridgehead atoms. The van der Waals surface area contributed by atoms with Crippen LogP contribution in [0.5, 0.6) is 5.75 Å². The topological polar surface area (TPSA) is 147 Å². The molecule has 11 heteroatoms. The molecule has 3 N–H and O–H groups in total. The van der Waals surface area contributed by atoms with E-state index >= 15 is 0 Å². The zero-order valence-electron chi connectivity index (χ0n) is 21.7. The third-order valence-corrected chi connectivity index (χ3v) is 6.97. The van der Waals surface area contributed by atoms with Gasteiger partial charge >= 0.3 is 0 Å². The monoisotopic (exact) mass is 522 g/mol. The summed E-state index contributed by atoms with van der Waals surface area (Å²) in [7, 11) is 1.68. The Morgan fingerprint density at radius 1 is 1.16 bits per heavy atom. The highest BCUT2D eigenvalue weighted by Gasteiger charge is 2.36. The van der Waals surface area contributed by atoms with Gasteiger partial charge < -0.3 is 25.0 Å². The second-order valence-corrected chi connectivity index (χ2v) is 9.57. The normalized spacial score (nSPS) is 20.7. The number of hydrogen-bond donors (Lipinski definition) is 3. The summed E-state index contributed by atoms with van der Waals surface area (Å²) in [5, 5.41) is 14.4. The van der Waals surface area contributed by atoms with Gasteiger partial charge in [-0.1, -0.05) is 0 Å². The molecule has 11 nitrogen and oxygen atoms in total. The number of aromatic nitrogens is 2. The molecule has 0 spiro atoms. The first-order valence-electron chi connectivity index (χ1n) is 12.8. The van der Waals surface area contributed by atoms with Crippen LogP contribution >= 0.6 is 0 Å². The van der Waals surface area contributed by atoms with Crippen LogP contribution in [0.1, 0.15) is 50.4 Å². The van der Waals surface area contributed by atoms with Crippen LogP contribution in [-0.4, -0.2) is 76.6 Å². The van der Waals surface area contributed by atoms with Crippen molar-refractivity contribution in [1.82, 2.24) is 20.2 Å². The molecule has 2 amide bonds. The first-order chi connectivity index (χ1) is 18.4. The van der Waals surface area contributed by atoms with Gasteiger partial charge in [-0.3, -0.25) is 19.8 Å². The molecule has 202 valence electrons. The van der Waals surface area contributed by atoms with E-state index in [0.717, 1.165) is 25.7 Å². The van der Waals surface area contributed by atoms with E-state index < -0.39 is 11.8 Å². The molecular formula is C27H34N6O5. The quantitative estimate of drug-likeness (QED) is 0.380. The Bertz CT molecular complexity index is 1170. The van der Waals surface area contributed by atoms with Crippen LogP contribution in [-0.2, 0) is 25.7 Å². The standard InChI is InChI=1S/C27H34N6O5/c1-17(34)26(28)21-14-20(38-16-24-29-10-4-11-30-24)8-9-22(21)31-15-25(35)33-12-3-5-23(33)27(36)32-18-6-7-19(13-18)37-2/h4,8-11,14,18-19,23,28,31H,3,5-7,12-13,15-16H2,1-2H3,(H,32,36)/t18?,19-,23-/m0/s1. The highest BCUT2D eigenvalue weighted by molar-refractivity contribution is 6.45. The first-order valence-corrected chi connectivity index (χ1v) is 12.8. The van der Waals surface area contributed by atoms with Gasteiger partial charge in [0.15, 0.2) is 11.6 Å². The van der Waals surface area contributed by atoms with E-state index in [1.165, 1.54) is 6.92 Å². The Hall–Kier alpha value is -3.86. The number of nitrogens with one attached hydrogen (secondary N) is 3. The van der Waals surface area contributed by atoms with E-state index in [1.54, 1.807) is 48.7 Å². The SMILES string of the molecule is CO[C@H]1CCC(NC(=O)[C@@H]2CCCN2C(=O)CNc2ccc(OCc3ncccn3)cc2C(=N)C(C)=O)C1. The van der Waals surface area contributed by atoms with Gasteiger partial charge in [0.2, 0.25) is 11.8 Å². The molecule has 2 aliphatic rings.